The fourth-order valence-corrected chi connectivity index (χ4v) is 3.64. The summed E-state index contributed by atoms with van der Waals surface area (Å²) in [5.41, 5.74) is 1.80. The number of hydrogen-bond acceptors (Lipinski definition) is 4. The van der Waals surface area contributed by atoms with Gasteiger partial charge < -0.3 is 20.3 Å². The van der Waals surface area contributed by atoms with Crippen LogP contribution in [0.15, 0.2) is 54.6 Å². The zero-order chi connectivity index (χ0) is 25.6. The number of ether oxygens (including phenoxy) is 1. The van der Waals surface area contributed by atoms with Crippen LogP contribution in [-0.2, 0) is 10.2 Å². The molecule has 0 aliphatic rings. The molecule has 0 aliphatic carbocycles. The first kappa shape index (κ1) is 26.1. The van der Waals surface area contributed by atoms with Crippen LogP contribution in [0.3, 0.4) is 0 Å². The lowest BCUT2D eigenvalue weighted by atomic mass is 9.92. The Labute approximate surface area is 211 Å². The topological polar surface area (TPSA) is 88.5 Å². The molecule has 0 saturated carbocycles. The molecule has 0 fully saturated rings. The molecule has 0 atom stereocenters. The highest BCUT2D eigenvalue weighted by Crippen LogP contribution is 2.29. The molecule has 3 aromatic rings. The zero-order valence-electron chi connectivity index (χ0n) is 20.8. The van der Waals surface area contributed by atoms with Gasteiger partial charge in [0.05, 0.1) is 23.5 Å². The maximum atomic E-state index is 13.1. The molecule has 2 N–H and O–H groups in total. The van der Waals surface area contributed by atoms with Gasteiger partial charge in [0.25, 0.3) is 0 Å². The first-order valence-corrected chi connectivity index (χ1v) is 11.9. The van der Waals surface area contributed by atoms with E-state index in [4.69, 9.17) is 21.4 Å². The molecule has 3 rings (SSSR count). The van der Waals surface area contributed by atoms with Crippen LogP contribution in [0.5, 0.6) is 5.75 Å². The number of nitrogens with zero attached hydrogens (tertiary/aromatic N) is 3. The van der Waals surface area contributed by atoms with E-state index in [1.807, 2.05) is 52.0 Å². The van der Waals surface area contributed by atoms with Crippen molar-refractivity contribution in [2.75, 3.05) is 30.8 Å². The summed E-state index contributed by atoms with van der Waals surface area (Å²) >= 11 is 6.41. The SMILES string of the molecule is CCCN(CC(=O)Nc1cc(C(C)(C)C)nn1-c1ccccc1Cl)C(=O)Nc1cccc(OC)c1. The van der Waals surface area contributed by atoms with E-state index in [0.29, 0.717) is 40.9 Å². The Balaban J connectivity index is 1.80. The number of urea groups is 1. The molecule has 9 heteroatoms. The highest BCUT2D eigenvalue weighted by Gasteiger charge is 2.23. The van der Waals surface area contributed by atoms with E-state index >= 15 is 0 Å². The summed E-state index contributed by atoms with van der Waals surface area (Å²) in [6.07, 6.45) is 0.699. The second-order valence-electron chi connectivity index (χ2n) is 9.16. The van der Waals surface area contributed by atoms with Crippen LogP contribution in [0.25, 0.3) is 5.69 Å². The van der Waals surface area contributed by atoms with Gasteiger partial charge in [-0.3, -0.25) is 4.79 Å². The molecule has 0 saturated heterocycles. The first-order valence-electron chi connectivity index (χ1n) is 11.5. The fraction of sp³-hybridized carbons (Fsp3) is 0.346. The lowest BCUT2D eigenvalue weighted by Gasteiger charge is -2.22. The molecular weight excluding hydrogens is 466 g/mol. The molecule has 35 heavy (non-hydrogen) atoms. The summed E-state index contributed by atoms with van der Waals surface area (Å²) in [4.78, 5) is 27.4. The van der Waals surface area contributed by atoms with Gasteiger partial charge in [-0.25, -0.2) is 9.48 Å². The Morgan fingerprint density at radius 1 is 1.09 bits per heavy atom. The summed E-state index contributed by atoms with van der Waals surface area (Å²) in [5, 5.41) is 11.0. The molecule has 3 amide bonds. The summed E-state index contributed by atoms with van der Waals surface area (Å²) in [6.45, 7) is 8.38. The van der Waals surface area contributed by atoms with Gasteiger partial charge in [-0.1, -0.05) is 57.5 Å². The zero-order valence-corrected chi connectivity index (χ0v) is 21.5. The van der Waals surface area contributed by atoms with Crippen molar-refractivity contribution in [3.63, 3.8) is 0 Å². The van der Waals surface area contributed by atoms with Crippen molar-refractivity contribution in [3.05, 3.63) is 65.3 Å². The minimum absolute atomic E-state index is 0.123. The standard InChI is InChI=1S/C26H32ClN5O3/c1-6-14-31(25(34)28-18-10-9-11-19(15-18)35-5)17-24(33)29-23-16-22(26(2,3)4)30-32(23)21-13-8-7-12-20(21)27/h7-13,15-16H,6,14,17H2,1-5H3,(H,28,34)(H,29,33). The van der Waals surface area contributed by atoms with Gasteiger partial charge in [-0.15, -0.1) is 0 Å². The predicted octanol–water partition coefficient (Wildman–Crippen LogP) is 5.71. The summed E-state index contributed by atoms with van der Waals surface area (Å²) < 4.78 is 6.84. The van der Waals surface area contributed by atoms with E-state index in [0.717, 1.165) is 5.69 Å². The lowest BCUT2D eigenvalue weighted by molar-refractivity contribution is -0.116. The Morgan fingerprint density at radius 2 is 1.83 bits per heavy atom. The maximum Gasteiger partial charge on any atom is 0.322 e. The van der Waals surface area contributed by atoms with Gasteiger partial charge in [0, 0.05) is 29.8 Å². The van der Waals surface area contributed by atoms with Crippen LogP contribution in [0.2, 0.25) is 5.02 Å². The third kappa shape index (κ3) is 6.76. The molecule has 0 unspecified atom stereocenters. The minimum atomic E-state index is -0.370. The number of anilines is 2. The summed E-state index contributed by atoms with van der Waals surface area (Å²) in [7, 11) is 1.56. The Kier molecular flexibility index (Phi) is 8.40. The highest BCUT2D eigenvalue weighted by atomic mass is 35.5. The predicted molar refractivity (Wildman–Crippen MR) is 140 cm³/mol. The average Bonchev–Trinajstić information content (AvgIpc) is 3.23. The van der Waals surface area contributed by atoms with Crippen LogP contribution in [0.4, 0.5) is 16.3 Å². The van der Waals surface area contributed by atoms with Crippen molar-refractivity contribution in [3.8, 4) is 11.4 Å². The molecule has 2 aromatic carbocycles. The van der Waals surface area contributed by atoms with Crippen molar-refractivity contribution in [2.24, 2.45) is 0 Å². The number of aromatic nitrogens is 2. The fourth-order valence-electron chi connectivity index (χ4n) is 3.43. The van der Waals surface area contributed by atoms with Crippen molar-refractivity contribution in [1.82, 2.24) is 14.7 Å². The molecular formula is C26H32ClN5O3. The van der Waals surface area contributed by atoms with Gasteiger partial charge in [0.2, 0.25) is 5.91 Å². The molecule has 0 bridgehead atoms. The number of para-hydroxylation sites is 1. The van der Waals surface area contributed by atoms with Gasteiger partial charge >= 0.3 is 6.03 Å². The van der Waals surface area contributed by atoms with Crippen molar-refractivity contribution >= 4 is 35.0 Å². The van der Waals surface area contributed by atoms with Crippen LogP contribution in [0, 0.1) is 0 Å². The number of amides is 3. The summed E-state index contributed by atoms with van der Waals surface area (Å²) in [5.74, 6) is 0.774. The summed E-state index contributed by atoms with van der Waals surface area (Å²) in [6, 6.07) is 15.8. The molecule has 1 heterocycles. The van der Waals surface area contributed by atoms with Crippen LogP contribution >= 0.6 is 11.6 Å². The number of methoxy groups -OCH3 is 1. The van der Waals surface area contributed by atoms with Crippen LogP contribution in [-0.4, -0.2) is 46.8 Å². The lowest BCUT2D eigenvalue weighted by Crippen LogP contribution is -2.41. The van der Waals surface area contributed by atoms with Crippen LogP contribution in [0.1, 0.15) is 39.8 Å². The Morgan fingerprint density at radius 3 is 2.49 bits per heavy atom. The smallest absolute Gasteiger partial charge is 0.322 e. The molecule has 8 nitrogen and oxygen atoms in total. The van der Waals surface area contributed by atoms with E-state index in [1.165, 1.54) is 4.90 Å². The van der Waals surface area contributed by atoms with Crippen LogP contribution < -0.4 is 15.4 Å². The quantitative estimate of drug-likeness (QED) is 0.417. The van der Waals surface area contributed by atoms with Gasteiger partial charge in [0.15, 0.2) is 0 Å². The van der Waals surface area contributed by atoms with E-state index in [9.17, 15) is 9.59 Å². The molecule has 0 spiro atoms. The van der Waals surface area contributed by atoms with Crippen molar-refractivity contribution < 1.29 is 14.3 Å². The number of rotatable bonds is 8. The third-order valence-corrected chi connectivity index (χ3v) is 5.58. The normalized spacial score (nSPS) is 11.1. The van der Waals surface area contributed by atoms with Gasteiger partial charge in [-0.2, -0.15) is 5.10 Å². The number of nitrogens with one attached hydrogen (secondary N) is 2. The second kappa shape index (κ2) is 11.3. The number of halogens is 1. The molecule has 186 valence electrons. The van der Waals surface area contributed by atoms with Crippen molar-refractivity contribution in [1.29, 1.82) is 0 Å². The van der Waals surface area contributed by atoms with Crippen molar-refractivity contribution in [2.45, 2.75) is 39.5 Å². The molecule has 1 aromatic heterocycles. The number of carbonyl (C=O) groups excluding carboxylic acids is 2. The average molecular weight is 498 g/mol. The van der Waals surface area contributed by atoms with E-state index in [1.54, 1.807) is 42.1 Å². The van der Waals surface area contributed by atoms with Gasteiger partial charge in [0.1, 0.15) is 18.1 Å². The van der Waals surface area contributed by atoms with E-state index in [-0.39, 0.29) is 23.9 Å². The maximum absolute atomic E-state index is 13.1. The molecule has 0 radical (unpaired) electrons. The Bertz CT molecular complexity index is 1190. The monoisotopic (exact) mass is 497 g/mol. The second-order valence-corrected chi connectivity index (χ2v) is 9.57. The molecule has 0 aliphatic heterocycles. The Hall–Kier alpha value is -3.52. The number of carbonyl (C=O) groups is 2. The van der Waals surface area contributed by atoms with Gasteiger partial charge in [-0.05, 0) is 30.7 Å². The van der Waals surface area contributed by atoms with E-state index < -0.39 is 0 Å². The van der Waals surface area contributed by atoms with E-state index in [2.05, 4.69) is 10.6 Å². The highest BCUT2D eigenvalue weighted by molar-refractivity contribution is 6.32. The first-order chi connectivity index (χ1) is 16.6. The number of hydrogen-bond donors (Lipinski definition) is 2. The third-order valence-electron chi connectivity index (χ3n) is 5.26. The minimum Gasteiger partial charge on any atom is -0.497 e. The number of benzene rings is 2. The largest absolute Gasteiger partial charge is 0.497 e.